The van der Waals surface area contributed by atoms with E-state index in [1.54, 1.807) is 31.2 Å². The van der Waals surface area contributed by atoms with E-state index in [2.05, 4.69) is 4.37 Å². The lowest BCUT2D eigenvalue weighted by atomic mass is 10.0. The van der Waals surface area contributed by atoms with Crippen LogP contribution in [0.4, 0.5) is 17.6 Å². The lowest BCUT2D eigenvalue weighted by molar-refractivity contribution is -0.141. The van der Waals surface area contributed by atoms with Gasteiger partial charge >= 0.3 is 6.18 Å². The van der Waals surface area contributed by atoms with E-state index in [0.717, 1.165) is 5.56 Å². The van der Waals surface area contributed by atoms with E-state index < -0.39 is 24.3 Å². The first-order chi connectivity index (χ1) is 14.2. The van der Waals surface area contributed by atoms with Gasteiger partial charge in [-0.1, -0.05) is 23.7 Å². The third-order valence-electron chi connectivity index (χ3n) is 4.53. The highest BCUT2D eigenvalue weighted by atomic mass is 35.5. The summed E-state index contributed by atoms with van der Waals surface area (Å²) >= 11 is 6.57. The van der Waals surface area contributed by atoms with Gasteiger partial charge in [0.2, 0.25) is 0 Å². The first kappa shape index (κ1) is 22.5. The summed E-state index contributed by atoms with van der Waals surface area (Å²) < 4.78 is 63.8. The van der Waals surface area contributed by atoms with E-state index in [0.29, 0.717) is 40.5 Å². The second-order valence-corrected chi connectivity index (χ2v) is 7.88. The van der Waals surface area contributed by atoms with Crippen LogP contribution in [0, 0.1) is 12.7 Å². The highest BCUT2D eigenvalue weighted by molar-refractivity contribution is 7.09. The summed E-state index contributed by atoms with van der Waals surface area (Å²) in [6.07, 6.45) is -3.68. The second-order valence-electron chi connectivity index (χ2n) is 6.67. The SMILES string of the molecule is Cc1cc(OCc2c(C(F)(F)F)nsc2-c2ccc(Cl)cc2)c(F)cc1CCCO. The van der Waals surface area contributed by atoms with Crippen molar-refractivity contribution in [1.82, 2.24) is 4.37 Å². The predicted octanol–water partition coefficient (Wildman–Crippen LogP) is 6.43. The number of aliphatic hydroxyl groups is 1. The second kappa shape index (κ2) is 9.32. The molecule has 0 unspecified atom stereocenters. The number of rotatable bonds is 7. The van der Waals surface area contributed by atoms with E-state index in [9.17, 15) is 17.6 Å². The van der Waals surface area contributed by atoms with Gasteiger partial charge in [-0.2, -0.15) is 17.5 Å². The molecule has 0 aliphatic carbocycles. The number of alkyl halides is 3. The number of halogens is 5. The molecule has 0 saturated carbocycles. The first-order valence-corrected chi connectivity index (χ1v) is 10.2. The standard InChI is InChI=1S/C21H18ClF4NO2S/c1-12-9-18(17(23)10-14(12)3-2-8-28)29-11-16-19(13-4-6-15(22)7-5-13)30-27-20(16)21(24,25)26/h4-7,9-10,28H,2-3,8,11H2,1H3. The normalized spacial score (nSPS) is 11.7. The van der Waals surface area contributed by atoms with Gasteiger partial charge < -0.3 is 9.84 Å². The topological polar surface area (TPSA) is 42.4 Å². The maximum atomic E-state index is 14.5. The van der Waals surface area contributed by atoms with Crippen molar-refractivity contribution in [3.05, 3.63) is 69.6 Å². The third kappa shape index (κ3) is 5.11. The predicted molar refractivity (Wildman–Crippen MR) is 108 cm³/mol. The molecule has 3 aromatic rings. The Balaban J connectivity index is 1.92. The number of aromatic nitrogens is 1. The summed E-state index contributed by atoms with van der Waals surface area (Å²) in [5, 5.41) is 9.39. The number of ether oxygens (including phenoxy) is 1. The molecule has 1 aromatic heterocycles. The fraction of sp³-hybridized carbons (Fsp3) is 0.286. The molecule has 0 fully saturated rings. The first-order valence-electron chi connectivity index (χ1n) is 9.05. The van der Waals surface area contributed by atoms with Crippen LogP contribution in [0.15, 0.2) is 36.4 Å². The number of benzene rings is 2. The van der Waals surface area contributed by atoms with Gasteiger partial charge in [0, 0.05) is 17.2 Å². The van der Waals surface area contributed by atoms with E-state index in [1.165, 1.54) is 12.1 Å². The van der Waals surface area contributed by atoms with Gasteiger partial charge in [0.1, 0.15) is 6.61 Å². The smallest absolute Gasteiger partial charge is 0.434 e. The van der Waals surface area contributed by atoms with Crippen LogP contribution in [0.3, 0.4) is 0 Å². The van der Waals surface area contributed by atoms with Crippen molar-refractivity contribution in [3.63, 3.8) is 0 Å². The van der Waals surface area contributed by atoms with Gasteiger partial charge in [-0.3, -0.25) is 0 Å². The monoisotopic (exact) mass is 459 g/mol. The van der Waals surface area contributed by atoms with Crippen LogP contribution in [0.1, 0.15) is 28.8 Å². The largest absolute Gasteiger partial charge is 0.486 e. The fourth-order valence-corrected chi connectivity index (χ4v) is 4.02. The van der Waals surface area contributed by atoms with Crippen molar-refractivity contribution in [2.45, 2.75) is 32.5 Å². The highest BCUT2D eigenvalue weighted by Crippen LogP contribution is 2.40. The Morgan fingerprint density at radius 2 is 1.87 bits per heavy atom. The zero-order chi connectivity index (χ0) is 21.9. The molecule has 160 valence electrons. The van der Waals surface area contributed by atoms with Gasteiger partial charge in [-0.15, -0.1) is 0 Å². The number of aliphatic hydroxyl groups excluding tert-OH is 1. The number of aryl methyl sites for hydroxylation is 2. The minimum absolute atomic E-state index is 0.0157. The summed E-state index contributed by atoms with van der Waals surface area (Å²) in [5.74, 6) is -0.806. The van der Waals surface area contributed by atoms with Crippen molar-refractivity contribution >= 4 is 23.1 Å². The van der Waals surface area contributed by atoms with Crippen LogP contribution in [-0.4, -0.2) is 16.1 Å². The van der Waals surface area contributed by atoms with Crippen LogP contribution >= 0.6 is 23.1 Å². The molecule has 30 heavy (non-hydrogen) atoms. The van der Waals surface area contributed by atoms with Crippen molar-refractivity contribution in [3.8, 4) is 16.2 Å². The molecule has 0 amide bonds. The Kier molecular flexibility index (Phi) is 7.00. The molecule has 0 atom stereocenters. The average molecular weight is 460 g/mol. The molecule has 1 heterocycles. The number of hydrogen-bond donors (Lipinski definition) is 1. The molecular weight excluding hydrogens is 442 g/mol. The van der Waals surface area contributed by atoms with Gasteiger partial charge in [0.15, 0.2) is 17.3 Å². The molecule has 3 nitrogen and oxygen atoms in total. The van der Waals surface area contributed by atoms with E-state index in [4.69, 9.17) is 21.4 Å². The van der Waals surface area contributed by atoms with Crippen molar-refractivity contribution < 1.29 is 27.4 Å². The quantitative estimate of drug-likeness (QED) is 0.414. The number of nitrogens with zero attached hydrogens (tertiary/aromatic N) is 1. The van der Waals surface area contributed by atoms with Crippen LogP contribution in [0.25, 0.3) is 10.4 Å². The minimum atomic E-state index is -4.66. The lowest BCUT2D eigenvalue weighted by Gasteiger charge is -2.13. The van der Waals surface area contributed by atoms with E-state index >= 15 is 0 Å². The molecule has 2 aromatic carbocycles. The average Bonchev–Trinajstić information content (AvgIpc) is 3.12. The molecule has 3 rings (SSSR count). The number of hydrogen-bond acceptors (Lipinski definition) is 4. The maximum Gasteiger partial charge on any atom is 0.434 e. The molecule has 9 heteroatoms. The van der Waals surface area contributed by atoms with Gasteiger partial charge in [-0.05, 0) is 72.3 Å². The summed E-state index contributed by atoms with van der Waals surface area (Å²) in [5.41, 5.74) is 0.758. The van der Waals surface area contributed by atoms with Crippen molar-refractivity contribution in [2.75, 3.05) is 6.61 Å². The molecule has 0 aliphatic heterocycles. The summed E-state index contributed by atoms with van der Waals surface area (Å²) in [4.78, 5) is 0.288. The Hall–Kier alpha value is -2.16. The zero-order valence-corrected chi connectivity index (χ0v) is 17.5. The Bertz CT molecular complexity index is 1020. The molecule has 0 radical (unpaired) electrons. The van der Waals surface area contributed by atoms with Crippen LogP contribution in [-0.2, 0) is 19.2 Å². The van der Waals surface area contributed by atoms with E-state index in [1.807, 2.05) is 0 Å². The Labute approximate surface area is 180 Å². The van der Waals surface area contributed by atoms with Crippen LogP contribution in [0.5, 0.6) is 5.75 Å². The van der Waals surface area contributed by atoms with Gasteiger partial charge in [0.25, 0.3) is 0 Å². The molecule has 0 saturated heterocycles. The van der Waals surface area contributed by atoms with Crippen LogP contribution in [0.2, 0.25) is 5.02 Å². The molecule has 0 bridgehead atoms. The molecule has 0 aliphatic rings. The third-order valence-corrected chi connectivity index (χ3v) is 5.72. The molecule has 0 spiro atoms. The summed E-state index contributed by atoms with van der Waals surface area (Å²) in [6.45, 7) is 1.25. The summed E-state index contributed by atoms with van der Waals surface area (Å²) in [7, 11) is 0. The Morgan fingerprint density at radius 1 is 1.17 bits per heavy atom. The van der Waals surface area contributed by atoms with Gasteiger partial charge in [-0.25, -0.2) is 4.39 Å². The lowest BCUT2D eigenvalue weighted by Crippen LogP contribution is -2.11. The summed E-state index contributed by atoms with van der Waals surface area (Å²) in [6, 6.07) is 9.08. The van der Waals surface area contributed by atoms with Crippen LogP contribution < -0.4 is 4.74 Å². The highest BCUT2D eigenvalue weighted by Gasteiger charge is 2.38. The van der Waals surface area contributed by atoms with Crippen molar-refractivity contribution in [2.24, 2.45) is 0 Å². The Morgan fingerprint density at radius 3 is 2.50 bits per heavy atom. The zero-order valence-electron chi connectivity index (χ0n) is 15.9. The maximum absolute atomic E-state index is 14.5. The minimum Gasteiger partial charge on any atom is -0.486 e. The van der Waals surface area contributed by atoms with E-state index in [-0.39, 0.29) is 22.8 Å². The van der Waals surface area contributed by atoms with Gasteiger partial charge in [0.05, 0.1) is 4.88 Å². The fourth-order valence-electron chi connectivity index (χ4n) is 2.99. The van der Waals surface area contributed by atoms with Crippen molar-refractivity contribution in [1.29, 1.82) is 0 Å². The molecule has 1 N–H and O–H groups in total. The molecular formula is C21H18ClF4NO2S.